The van der Waals surface area contributed by atoms with Gasteiger partial charge in [-0.3, -0.25) is 0 Å². The summed E-state index contributed by atoms with van der Waals surface area (Å²) in [5.74, 6) is 1.73. The molecule has 0 bridgehead atoms. The molecule has 0 fully saturated rings. The smallest absolute Gasteiger partial charge is 0.133 e. The summed E-state index contributed by atoms with van der Waals surface area (Å²) >= 11 is 0. The number of benzene rings is 8. The average molecular weight is 768 g/mol. The van der Waals surface area contributed by atoms with Crippen molar-refractivity contribution < 1.29 is 4.74 Å². The third-order valence-electron chi connectivity index (χ3n) is 13.2. The predicted octanol–water partition coefficient (Wildman–Crippen LogP) is 14.0. The van der Waals surface area contributed by atoms with Crippen LogP contribution < -0.4 is 4.74 Å². The van der Waals surface area contributed by atoms with Crippen LogP contribution in [0.2, 0.25) is 0 Å². The van der Waals surface area contributed by atoms with E-state index in [0.29, 0.717) is 0 Å². The van der Waals surface area contributed by atoms with Gasteiger partial charge in [0.2, 0.25) is 0 Å². The number of hydrogen-bond acceptors (Lipinski definition) is 1. The summed E-state index contributed by atoms with van der Waals surface area (Å²) in [7, 11) is 0. The number of hydrogen-bond donors (Lipinski definition) is 0. The molecule has 0 aliphatic carbocycles. The van der Waals surface area contributed by atoms with E-state index in [4.69, 9.17) is 4.74 Å². The van der Waals surface area contributed by atoms with Crippen molar-refractivity contribution in [2.45, 2.75) is 12.3 Å². The molecular weight excluding hydrogens is 731 g/mol. The van der Waals surface area contributed by atoms with Crippen LogP contribution in [0.15, 0.2) is 212 Å². The lowest BCUT2D eigenvalue weighted by Crippen LogP contribution is -2.39. The molecule has 0 saturated carbocycles. The monoisotopic (exact) mass is 767 g/mol. The van der Waals surface area contributed by atoms with Crippen LogP contribution in [-0.4, -0.2) is 13.7 Å². The fourth-order valence-electron chi connectivity index (χ4n) is 10.9. The molecule has 1 unspecified atom stereocenters. The molecule has 1 spiro atoms. The lowest BCUT2D eigenvalue weighted by atomic mass is 9.61. The van der Waals surface area contributed by atoms with Crippen LogP contribution in [0.25, 0.3) is 82.5 Å². The Balaban J connectivity index is 1.15. The maximum absolute atomic E-state index is 7.08. The second kappa shape index (κ2) is 12.1. The molecule has 0 amide bonds. The first kappa shape index (κ1) is 33.2. The SMILES string of the molecule is C=C/C=C\C1=C(C)Oc2cc3c(cc2C12c1ccccc1-n1c4ccccc4c4cccc2c41)c1ccccc1n3-c1ccc2c3ccccc3n(-c3ccccc3)c2c1. The summed E-state index contributed by atoms with van der Waals surface area (Å²) in [4.78, 5) is 0. The van der Waals surface area contributed by atoms with Crippen LogP contribution in [0.5, 0.6) is 5.75 Å². The quantitative estimate of drug-likeness (QED) is 0.164. The molecule has 0 saturated heterocycles. The van der Waals surface area contributed by atoms with E-state index in [2.05, 4.69) is 215 Å². The van der Waals surface area contributed by atoms with Gasteiger partial charge in [0.05, 0.1) is 44.2 Å². The van der Waals surface area contributed by atoms with Crippen molar-refractivity contribution in [1.82, 2.24) is 13.7 Å². The van der Waals surface area contributed by atoms with E-state index in [1.54, 1.807) is 0 Å². The van der Waals surface area contributed by atoms with Crippen molar-refractivity contribution in [3.8, 4) is 22.8 Å². The number of fused-ring (bicyclic) bond motifs is 15. The van der Waals surface area contributed by atoms with E-state index < -0.39 is 5.41 Å². The van der Waals surface area contributed by atoms with E-state index >= 15 is 0 Å². The lowest BCUT2D eigenvalue weighted by Gasteiger charge is -2.45. The summed E-state index contributed by atoms with van der Waals surface area (Å²) in [5.41, 5.74) is 14.5. The van der Waals surface area contributed by atoms with Gasteiger partial charge in [0, 0.05) is 60.9 Å². The zero-order chi connectivity index (χ0) is 39.7. The minimum absolute atomic E-state index is 0.690. The first-order valence-corrected chi connectivity index (χ1v) is 20.6. The summed E-state index contributed by atoms with van der Waals surface area (Å²) in [6.07, 6.45) is 6.13. The predicted molar refractivity (Wildman–Crippen MR) is 248 cm³/mol. The Hall–Kier alpha value is -7.82. The van der Waals surface area contributed by atoms with Crippen molar-refractivity contribution in [2.24, 2.45) is 0 Å². The molecule has 1 atom stereocenters. The Labute approximate surface area is 346 Å². The molecule has 5 heterocycles. The van der Waals surface area contributed by atoms with E-state index in [1.165, 1.54) is 71.2 Å². The summed E-state index contributed by atoms with van der Waals surface area (Å²) in [6, 6.07) is 64.5. The van der Waals surface area contributed by atoms with E-state index in [1.807, 2.05) is 6.08 Å². The maximum atomic E-state index is 7.08. The number of ether oxygens (including phenoxy) is 1. The van der Waals surface area contributed by atoms with Crippen molar-refractivity contribution in [2.75, 3.05) is 0 Å². The van der Waals surface area contributed by atoms with Crippen LogP contribution in [0.3, 0.4) is 0 Å². The molecule has 282 valence electrons. The Morgan fingerprint density at radius 3 is 1.82 bits per heavy atom. The molecule has 0 N–H and O–H groups in total. The zero-order valence-corrected chi connectivity index (χ0v) is 32.9. The number of para-hydroxylation sites is 6. The first-order chi connectivity index (χ1) is 29.7. The highest BCUT2D eigenvalue weighted by Crippen LogP contribution is 2.60. The van der Waals surface area contributed by atoms with Crippen molar-refractivity contribution in [3.05, 3.63) is 229 Å². The minimum atomic E-state index is -0.690. The van der Waals surface area contributed by atoms with Crippen LogP contribution >= 0.6 is 0 Å². The van der Waals surface area contributed by atoms with Gasteiger partial charge in [-0.25, -0.2) is 0 Å². The lowest BCUT2D eigenvalue weighted by molar-refractivity contribution is 0.386. The topological polar surface area (TPSA) is 24.0 Å². The van der Waals surface area contributed by atoms with Crippen LogP contribution in [0.4, 0.5) is 0 Å². The van der Waals surface area contributed by atoms with E-state index in [9.17, 15) is 0 Å². The Morgan fingerprint density at radius 2 is 1.05 bits per heavy atom. The number of rotatable bonds is 4. The molecule has 3 aromatic heterocycles. The van der Waals surface area contributed by atoms with Gasteiger partial charge in [-0.05, 0) is 72.6 Å². The van der Waals surface area contributed by atoms with Gasteiger partial charge in [0.25, 0.3) is 0 Å². The number of aromatic nitrogens is 3. The molecule has 4 heteroatoms. The number of nitrogens with zero attached hydrogens (tertiary/aromatic N) is 3. The van der Waals surface area contributed by atoms with E-state index in [-0.39, 0.29) is 0 Å². The van der Waals surface area contributed by atoms with Crippen molar-refractivity contribution in [1.29, 1.82) is 0 Å². The van der Waals surface area contributed by atoms with Crippen LogP contribution in [0.1, 0.15) is 23.6 Å². The standard InChI is InChI=1S/C56H37N3O/c1-3-4-23-44-35(2)60-54-34-53-43(33-47(54)56(44)45-24-11-15-29-51(45)59-50-28-14-9-20-39(50)42-22-16-25-46(56)55(42)59)40-21-10-13-27-49(40)58(53)37-30-31-41-38-19-8-12-26-48(38)57(52(41)32-37)36-17-6-5-7-18-36/h3-34H,1H2,2H3/b23-4-. The number of allylic oxidation sites excluding steroid dienone is 5. The molecule has 13 rings (SSSR count). The molecule has 60 heavy (non-hydrogen) atoms. The Bertz CT molecular complexity index is 3720. The first-order valence-electron chi connectivity index (χ1n) is 20.6. The summed E-state index contributed by atoms with van der Waals surface area (Å²) < 4.78 is 14.4. The molecule has 11 aromatic rings. The highest BCUT2D eigenvalue weighted by molar-refractivity contribution is 6.14. The molecule has 4 nitrogen and oxygen atoms in total. The van der Waals surface area contributed by atoms with Crippen molar-refractivity contribution in [3.63, 3.8) is 0 Å². The average Bonchev–Trinajstić information content (AvgIpc) is 3.93. The molecular formula is C56H37N3O. The minimum Gasteiger partial charge on any atom is -0.461 e. The van der Waals surface area contributed by atoms with Gasteiger partial charge in [0.1, 0.15) is 11.5 Å². The third-order valence-corrected chi connectivity index (χ3v) is 13.2. The highest BCUT2D eigenvalue weighted by atomic mass is 16.5. The van der Waals surface area contributed by atoms with Gasteiger partial charge < -0.3 is 18.4 Å². The zero-order valence-electron chi connectivity index (χ0n) is 32.9. The van der Waals surface area contributed by atoms with Gasteiger partial charge in [0.15, 0.2) is 0 Å². The summed E-state index contributed by atoms with van der Waals surface area (Å²) in [5, 5.41) is 7.33. The van der Waals surface area contributed by atoms with Gasteiger partial charge in [-0.2, -0.15) is 0 Å². The molecule has 2 aliphatic rings. The van der Waals surface area contributed by atoms with Gasteiger partial charge >= 0.3 is 0 Å². The van der Waals surface area contributed by atoms with Gasteiger partial charge in [-0.15, -0.1) is 0 Å². The molecule has 0 radical (unpaired) electrons. The fraction of sp³-hybridized carbons (Fsp3) is 0.0357. The normalized spacial score (nSPS) is 15.9. The summed E-state index contributed by atoms with van der Waals surface area (Å²) in [6.45, 7) is 6.22. The Kier molecular flexibility index (Phi) is 6.69. The highest BCUT2D eigenvalue weighted by Gasteiger charge is 2.50. The molecule has 2 aliphatic heterocycles. The molecule has 8 aromatic carbocycles. The van der Waals surface area contributed by atoms with E-state index in [0.717, 1.165) is 45.1 Å². The van der Waals surface area contributed by atoms with Crippen LogP contribution in [0, 0.1) is 0 Å². The largest absolute Gasteiger partial charge is 0.461 e. The fourth-order valence-corrected chi connectivity index (χ4v) is 10.9. The second-order valence-electron chi connectivity index (χ2n) is 16.1. The maximum Gasteiger partial charge on any atom is 0.133 e. The Morgan fingerprint density at radius 1 is 0.467 bits per heavy atom. The van der Waals surface area contributed by atoms with Crippen molar-refractivity contribution >= 4 is 65.4 Å². The van der Waals surface area contributed by atoms with Crippen LogP contribution in [-0.2, 0) is 5.41 Å². The third kappa shape index (κ3) is 4.14. The van der Waals surface area contributed by atoms with Gasteiger partial charge in [-0.1, -0.05) is 140 Å². The second-order valence-corrected chi connectivity index (χ2v) is 16.1.